The van der Waals surface area contributed by atoms with Crippen LogP contribution in [0.1, 0.15) is 55.8 Å². The normalized spacial score (nSPS) is 10.7. The molecule has 4 nitrogen and oxygen atoms in total. The molecule has 0 atom stereocenters. The molecule has 0 saturated heterocycles. The first-order chi connectivity index (χ1) is 14.3. The Morgan fingerprint density at radius 1 is 0.828 bits per heavy atom. The van der Waals surface area contributed by atoms with Crippen LogP contribution >= 0.6 is 0 Å². The smallest absolute Gasteiger partial charge is 0.345 e. The van der Waals surface area contributed by atoms with Crippen molar-refractivity contribution in [1.82, 2.24) is 0 Å². The maximum Gasteiger partial charge on any atom is 0.345 e. The first-order valence-corrected chi connectivity index (χ1v) is 10.4. The number of carbonyl (C=O) groups is 1. The molecule has 0 N–H and O–H groups in total. The minimum atomic E-state index is -0.440. The highest BCUT2D eigenvalue weighted by atomic mass is 16.6. The zero-order valence-electron chi connectivity index (χ0n) is 16.9. The molecule has 4 heteroatoms. The average Bonchev–Trinajstić information content (AvgIpc) is 3.27. The summed E-state index contributed by atoms with van der Waals surface area (Å²) < 4.78 is 16.0. The Labute approximate surface area is 172 Å². The van der Waals surface area contributed by atoms with Gasteiger partial charge in [-0.15, -0.1) is 0 Å². The Morgan fingerprint density at radius 2 is 1.48 bits per heavy atom. The van der Waals surface area contributed by atoms with Gasteiger partial charge in [0.05, 0.1) is 18.4 Å². The van der Waals surface area contributed by atoms with Crippen LogP contribution in [0.5, 0.6) is 11.7 Å². The molecule has 0 amide bonds. The Bertz CT molecular complexity index is 849. The van der Waals surface area contributed by atoms with Crippen LogP contribution in [-0.4, -0.2) is 12.6 Å². The van der Waals surface area contributed by atoms with E-state index in [2.05, 4.69) is 6.92 Å². The highest BCUT2D eigenvalue weighted by Crippen LogP contribution is 2.23. The van der Waals surface area contributed by atoms with Crippen molar-refractivity contribution < 1.29 is 18.7 Å². The number of unbranched alkanes of at least 4 members (excludes halogenated alkanes) is 5. The molecule has 0 unspecified atom stereocenters. The first kappa shape index (κ1) is 20.7. The lowest BCUT2D eigenvalue weighted by molar-refractivity contribution is 0.0694. The Hall–Kier alpha value is -3.01. The Morgan fingerprint density at radius 3 is 2.14 bits per heavy atom. The lowest BCUT2D eigenvalue weighted by Crippen LogP contribution is -2.07. The predicted octanol–water partition coefficient (Wildman–Crippen LogP) is 6.91. The first-order valence-electron chi connectivity index (χ1n) is 10.4. The summed E-state index contributed by atoms with van der Waals surface area (Å²) >= 11 is 0. The molecule has 2 aromatic carbocycles. The van der Waals surface area contributed by atoms with Gasteiger partial charge in [-0.2, -0.15) is 0 Å². The van der Waals surface area contributed by atoms with Crippen LogP contribution in [0, 0.1) is 0 Å². The van der Waals surface area contributed by atoms with Gasteiger partial charge < -0.3 is 13.9 Å². The van der Waals surface area contributed by atoms with E-state index in [1.807, 2.05) is 36.4 Å². The number of esters is 1. The van der Waals surface area contributed by atoms with Crippen molar-refractivity contribution in [3.8, 4) is 22.8 Å². The van der Waals surface area contributed by atoms with Gasteiger partial charge in [-0.1, -0.05) is 63.3 Å². The maximum absolute atomic E-state index is 12.1. The van der Waals surface area contributed by atoms with E-state index in [9.17, 15) is 4.79 Å². The number of hydrogen-bond donors (Lipinski definition) is 0. The second-order valence-corrected chi connectivity index (χ2v) is 7.04. The second kappa shape index (κ2) is 11.1. The van der Waals surface area contributed by atoms with E-state index in [-0.39, 0.29) is 5.95 Å². The number of ether oxygens (including phenoxy) is 2. The summed E-state index contributed by atoms with van der Waals surface area (Å²) in [6.45, 7) is 3.00. The van der Waals surface area contributed by atoms with Gasteiger partial charge >= 0.3 is 5.97 Å². The zero-order chi connectivity index (χ0) is 20.3. The fraction of sp³-hybridized carbons (Fsp3) is 0.320. The number of hydrogen-bond acceptors (Lipinski definition) is 4. The van der Waals surface area contributed by atoms with Crippen molar-refractivity contribution in [2.75, 3.05) is 6.61 Å². The van der Waals surface area contributed by atoms with Crippen molar-refractivity contribution >= 4 is 5.97 Å². The minimum Gasteiger partial charge on any atom is -0.494 e. The molecule has 3 aromatic rings. The van der Waals surface area contributed by atoms with Crippen molar-refractivity contribution in [3.63, 3.8) is 0 Å². The van der Waals surface area contributed by atoms with Gasteiger partial charge in [0.1, 0.15) is 5.75 Å². The standard InChI is InChI=1S/C25H28O4/c1-2-3-4-5-6-7-18-27-23-16-14-21(15-17-23)20-10-12-22(13-11-20)25(26)29-24-9-8-19-28-24/h8-17,19H,2-7,18H2,1H3. The summed E-state index contributed by atoms with van der Waals surface area (Å²) in [5, 5.41) is 0. The highest BCUT2D eigenvalue weighted by Gasteiger charge is 2.10. The third kappa shape index (κ3) is 6.53. The predicted molar refractivity (Wildman–Crippen MR) is 114 cm³/mol. The van der Waals surface area contributed by atoms with Crippen LogP contribution < -0.4 is 9.47 Å². The largest absolute Gasteiger partial charge is 0.494 e. The van der Waals surface area contributed by atoms with Crippen molar-refractivity contribution in [1.29, 1.82) is 0 Å². The minimum absolute atomic E-state index is 0.190. The fourth-order valence-electron chi connectivity index (χ4n) is 3.09. The fourth-order valence-corrected chi connectivity index (χ4v) is 3.09. The summed E-state index contributed by atoms with van der Waals surface area (Å²) in [4.78, 5) is 12.1. The lowest BCUT2D eigenvalue weighted by Gasteiger charge is -2.08. The highest BCUT2D eigenvalue weighted by molar-refractivity contribution is 5.91. The van der Waals surface area contributed by atoms with E-state index in [1.165, 1.54) is 38.4 Å². The van der Waals surface area contributed by atoms with Crippen LogP contribution in [0.25, 0.3) is 11.1 Å². The summed E-state index contributed by atoms with van der Waals surface area (Å²) in [5.74, 6) is 0.640. The molecule has 0 aliphatic carbocycles. The van der Waals surface area contributed by atoms with Crippen LogP contribution in [0.3, 0.4) is 0 Å². The summed E-state index contributed by atoms with van der Waals surface area (Å²) in [6, 6.07) is 18.6. The van der Waals surface area contributed by atoms with E-state index in [0.29, 0.717) is 5.56 Å². The Kier molecular flexibility index (Phi) is 7.93. The molecule has 0 aliphatic rings. The molecule has 3 rings (SSSR count). The van der Waals surface area contributed by atoms with Crippen molar-refractivity contribution in [2.45, 2.75) is 45.4 Å². The molecule has 0 radical (unpaired) electrons. The third-order valence-corrected chi connectivity index (χ3v) is 4.76. The number of furan rings is 1. The molecule has 29 heavy (non-hydrogen) atoms. The van der Waals surface area contributed by atoms with E-state index in [4.69, 9.17) is 13.9 Å². The molecule has 0 saturated carbocycles. The summed E-state index contributed by atoms with van der Waals surface area (Å²) in [5.41, 5.74) is 2.58. The second-order valence-electron chi connectivity index (χ2n) is 7.04. The number of carbonyl (C=O) groups excluding carboxylic acids is 1. The van der Waals surface area contributed by atoms with Gasteiger partial charge in [0.25, 0.3) is 5.95 Å². The van der Waals surface area contributed by atoms with Crippen molar-refractivity contribution in [2.24, 2.45) is 0 Å². The van der Waals surface area contributed by atoms with Gasteiger partial charge in [0, 0.05) is 6.07 Å². The SMILES string of the molecule is CCCCCCCCOc1ccc(-c2ccc(C(=O)Oc3ccco3)cc2)cc1. The van der Waals surface area contributed by atoms with Crippen LogP contribution in [0.15, 0.2) is 71.3 Å². The molecule has 0 bridgehead atoms. The molecule has 0 spiro atoms. The van der Waals surface area contributed by atoms with Crippen LogP contribution in [0.2, 0.25) is 0 Å². The van der Waals surface area contributed by atoms with E-state index in [1.54, 1.807) is 24.3 Å². The molecule has 0 aliphatic heterocycles. The number of benzene rings is 2. The molecular formula is C25H28O4. The average molecular weight is 392 g/mol. The van der Waals surface area contributed by atoms with Gasteiger partial charge in [-0.05, 0) is 47.9 Å². The summed E-state index contributed by atoms with van der Waals surface area (Å²) in [7, 11) is 0. The zero-order valence-corrected chi connectivity index (χ0v) is 16.9. The van der Waals surface area contributed by atoms with E-state index in [0.717, 1.165) is 29.9 Å². The molecule has 1 heterocycles. The quantitative estimate of drug-likeness (QED) is 0.263. The van der Waals surface area contributed by atoms with Gasteiger partial charge in [-0.3, -0.25) is 0 Å². The van der Waals surface area contributed by atoms with Gasteiger partial charge in [-0.25, -0.2) is 4.79 Å². The molecule has 152 valence electrons. The summed E-state index contributed by atoms with van der Waals surface area (Å²) in [6.07, 6.45) is 9.02. The van der Waals surface area contributed by atoms with E-state index >= 15 is 0 Å². The van der Waals surface area contributed by atoms with Crippen LogP contribution in [-0.2, 0) is 0 Å². The number of rotatable bonds is 11. The van der Waals surface area contributed by atoms with Crippen molar-refractivity contribution in [3.05, 3.63) is 72.5 Å². The van der Waals surface area contributed by atoms with E-state index < -0.39 is 5.97 Å². The Balaban J connectivity index is 1.47. The lowest BCUT2D eigenvalue weighted by atomic mass is 10.0. The van der Waals surface area contributed by atoms with Crippen LogP contribution in [0.4, 0.5) is 0 Å². The maximum atomic E-state index is 12.1. The molecule has 0 fully saturated rings. The molecule has 1 aromatic heterocycles. The molecular weight excluding hydrogens is 364 g/mol. The third-order valence-electron chi connectivity index (χ3n) is 4.76. The van der Waals surface area contributed by atoms with Gasteiger partial charge in [0.15, 0.2) is 0 Å². The topological polar surface area (TPSA) is 48.7 Å². The monoisotopic (exact) mass is 392 g/mol. The van der Waals surface area contributed by atoms with Gasteiger partial charge in [0.2, 0.25) is 0 Å².